The van der Waals surface area contributed by atoms with Gasteiger partial charge in [0.05, 0.1) is 5.57 Å². The van der Waals surface area contributed by atoms with Crippen molar-refractivity contribution in [3.05, 3.63) is 28.7 Å². The maximum absolute atomic E-state index is 11.8. The second-order valence-corrected chi connectivity index (χ2v) is 2.43. The fourth-order valence-corrected chi connectivity index (χ4v) is 1.23. The first-order valence-corrected chi connectivity index (χ1v) is 3.56. The number of rotatable bonds is 1. The average molecular weight is 153 g/mol. The van der Waals surface area contributed by atoms with Crippen molar-refractivity contribution in [3.63, 3.8) is 0 Å². The zero-order valence-electron chi connectivity index (χ0n) is 5.04. The highest BCUT2D eigenvalue weighted by Crippen LogP contribution is 2.16. The zero-order valence-corrected chi connectivity index (χ0v) is 5.86. The first-order chi connectivity index (χ1) is 4.88. The fourth-order valence-electron chi connectivity index (χ4n) is 0.570. The fraction of sp³-hybridized carbons (Fsp3) is 0. The van der Waals surface area contributed by atoms with Crippen molar-refractivity contribution in [1.29, 1.82) is 5.26 Å². The summed E-state index contributed by atoms with van der Waals surface area (Å²) in [6, 6.07) is 3.45. The standard InChI is InChI=1S/C7H4FNS/c8-3-7(4-9)6-1-2-10-5-6/h1-3,5H/b7-3+. The van der Waals surface area contributed by atoms with Crippen LogP contribution in [0.1, 0.15) is 5.56 Å². The van der Waals surface area contributed by atoms with Crippen LogP contribution in [0.15, 0.2) is 23.2 Å². The van der Waals surface area contributed by atoms with Crippen LogP contribution in [0.5, 0.6) is 0 Å². The Kier molecular flexibility index (Phi) is 2.19. The van der Waals surface area contributed by atoms with Crippen molar-refractivity contribution < 1.29 is 4.39 Å². The lowest BCUT2D eigenvalue weighted by Gasteiger charge is -1.85. The molecule has 1 nitrogen and oxygen atoms in total. The number of hydrogen-bond acceptors (Lipinski definition) is 2. The Bertz CT molecular complexity index is 268. The first kappa shape index (κ1) is 6.97. The third kappa shape index (κ3) is 1.23. The lowest BCUT2D eigenvalue weighted by molar-refractivity contribution is 0.725. The van der Waals surface area contributed by atoms with Gasteiger partial charge in [-0.05, 0) is 16.8 Å². The van der Waals surface area contributed by atoms with E-state index in [1.165, 1.54) is 11.3 Å². The molecule has 1 aromatic heterocycles. The molecule has 0 saturated heterocycles. The highest BCUT2D eigenvalue weighted by molar-refractivity contribution is 7.08. The predicted molar refractivity (Wildman–Crippen MR) is 39.0 cm³/mol. The Morgan fingerprint density at radius 2 is 2.60 bits per heavy atom. The minimum atomic E-state index is 0.0845. The van der Waals surface area contributed by atoms with Gasteiger partial charge >= 0.3 is 0 Å². The van der Waals surface area contributed by atoms with Crippen molar-refractivity contribution in [2.24, 2.45) is 0 Å². The van der Waals surface area contributed by atoms with E-state index >= 15 is 0 Å². The van der Waals surface area contributed by atoms with Crippen molar-refractivity contribution in [1.82, 2.24) is 0 Å². The Labute approximate surface area is 62.0 Å². The Hall–Kier alpha value is -1.14. The lowest BCUT2D eigenvalue weighted by atomic mass is 10.2. The summed E-state index contributed by atoms with van der Waals surface area (Å²) in [4.78, 5) is 0. The van der Waals surface area contributed by atoms with Crippen LogP contribution in [0.25, 0.3) is 5.57 Å². The van der Waals surface area contributed by atoms with Crippen molar-refractivity contribution in [3.8, 4) is 6.07 Å². The van der Waals surface area contributed by atoms with Crippen LogP contribution in [-0.2, 0) is 0 Å². The molecule has 0 unspecified atom stereocenters. The second kappa shape index (κ2) is 3.14. The number of hydrogen-bond donors (Lipinski definition) is 0. The Morgan fingerprint density at radius 1 is 1.80 bits per heavy atom. The molecule has 0 spiro atoms. The molecule has 1 heterocycles. The predicted octanol–water partition coefficient (Wildman–Crippen LogP) is 2.58. The van der Waals surface area contributed by atoms with Crippen molar-refractivity contribution in [2.45, 2.75) is 0 Å². The summed E-state index contributed by atoms with van der Waals surface area (Å²) in [5, 5.41) is 11.9. The van der Waals surface area contributed by atoms with E-state index < -0.39 is 0 Å². The molecule has 0 bridgehead atoms. The van der Waals surface area contributed by atoms with Crippen LogP contribution >= 0.6 is 11.3 Å². The van der Waals surface area contributed by atoms with Gasteiger partial charge in [0.15, 0.2) is 0 Å². The minimum absolute atomic E-state index is 0.0845. The van der Waals surface area contributed by atoms with E-state index in [9.17, 15) is 4.39 Å². The smallest absolute Gasteiger partial charge is 0.105 e. The summed E-state index contributed by atoms with van der Waals surface area (Å²) < 4.78 is 11.8. The summed E-state index contributed by atoms with van der Waals surface area (Å²) in [5.41, 5.74) is 0.733. The Balaban J connectivity index is 2.99. The van der Waals surface area contributed by atoms with E-state index in [1.54, 1.807) is 22.9 Å². The maximum Gasteiger partial charge on any atom is 0.105 e. The summed E-state index contributed by atoms with van der Waals surface area (Å²) in [5.74, 6) is 0. The van der Waals surface area contributed by atoms with Gasteiger partial charge in [-0.3, -0.25) is 0 Å². The SMILES string of the molecule is N#C/C(=C\F)c1ccsc1. The number of nitrogens with zero attached hydrogens (tertiary/aromatic N) is 1. The number of halogens is 1. The van der Waals surface area contributed by atoms with Gasteiger partial charge in [0.25, 0.3) is 0 Å². The molecule has 0 aliphatic heterocycles. The topological polar surface area (TPSA) is 23.8 Å². The van der Waals surface area contributed by atoms with Crippen LogP contribution < -0.4 is 0 Å². The van der Waals surface area contributed by atoms with Crippen molar-refractivity contribution >= 4 is 16.9 Å². The van der Waals surface area contributed by atoms with Crippen LogP contribution in [-0.4, -0.2) is 0 Å². The molecule has 50 valence electrons. The summed E-state index contributed by atoms with van der Waals surface area (Å²) in [6.45, 7) is 0. The van der Waals surface area contributed by atoms with Gasteiger partial charge in [-0.1, -0.05) is 0 Å². The first-order valence-electron chi connectivity index (χ1n) is 2.61. The normalized spacial score (nSPS) is 11.0. The van der Waals surface area contributed by atoms with Crippen LogP contribution in [0.2, 0.25) is 0 Å². The maximum atomic E-state index is 11.8. The second-order valence-electron chi connectivity index (χ2n) is 1.65. The molecule has 0 saturated carbocycles. The number of allylic oxidation sites excluding steroid dienone is 1. The molecular weight excluding hydrogens is 149 g/mol. The van der Waals surface area contributed by atoms with Crippen LogP contribution in [0.3, 0.4) is 0 Å². The highest BCUT2D eigenvalue weighted by atomic mass is 32.1. The quantitative estimate of drug-likeness (QED) is 0.569. The van der Waals surface area contributed by atoms with Crippen LogP contribution in [0.4, 0.5) is 4.39 Å². The minimum Gasteiger partial charge on any atom is -0.214 e. The molecule has 1 aromatic rings. The zero-order chi connectivity index (χ0) is 7.40. The van der Waals surface area contributed by atoms with Gasteiger partial charge < -0.3 is 0 Å². The van der Waals surface area contributed by atoms with Gasteiger partial charge in [0.2, 0.25) is 0 Å². The van der Waals surface area contributed by atoms with E-state index in [1.807, 2.05) is 0 Å². The molecule has 0 amide bonds. The number of nitriles is 1. The van der Waals surface area contributed by atoms with Gasteiger partial charge in [-0.15, -0.1) is 0 Å². The van der Waals surface area contributed by atoms with E-state index in [2.05, 4.69) is 0 Å². The van der Waals surface area contributed by atoms with Gasteiger partial charge in [-0.2, -0.15) is 16.6 Å². The van der Waals surface area contributed by atoms with Crippen molar-refractivity contribution in [2.75, 3.05) is 0 Å². The monoisotopic (exact) mass is 153 g/mol. The molecule has 0 radical (unpaired) electrons. The average Bonchev–Trinajstić information content (AvgIpc) is 2.43. The molecule has 10 heavy (non-hydrogen) atoms. The van der Waals surface area contributed by atoms with E-state index in [0.717, 1.165) is 0 Å². The summed E-state index contributed by atoms with van der Waals surface area (Å²) in [6.07, 6.45) is 0.321. The molecular formula is C7H4FNS. The van der Waals surface area contributed by atoms with Gasteiger partial charge in [0.1, 0.15) is 12.4 Å². The third-order valence-corrected chi connectivity index (χ3v) is 1.74. The molecule has 0 aliphatic rings. The molecule has 0 aliphatic carbocycles. The van der Waals surface area contributed by atoms with Crippen LogP contribution in [0, 0.1) is 11.3 Å². The molecule has 1 rings (SSSR count). The van der Waals surface area contributed by atoms with E-state index in [4.69, 9.17) is 5.26 Å². The van der Waals surface area contributed by atoms with Gasteiger partial charge in [-0.25, -0.2) is 4.39 Å². The molecule has 3 heteroatoms. The largest absolute Gasteiger partial charge is 0.214 e. The molecule has 0 N–H and O–H groups in total. The summed E-state index contributed by atoms with van der Waals surface area (Å²) >= 11 is 1.44. The summed E-state index contributed by atoms with van der Waals surface area (Å²) in [7, 11) is 0. The molecule has 0 atom stereocenters. The third-order valence-electron chi connectivity index (χ3n) is 1.06. The number of thiophene rings is 1. The van der Waals surface area contributed by atoms with E-state index in [0.29, 0.717) is 11.9 Å². The highest BCUT2D eigenvalue weighted by Gasteiger charge is 1.98. The molecule has 0 fully saturated rings. The van der Waals surface area contributed by atoms with Gasteiger partial charge in [0, 0.05) is 5.56 Å². The molecule has 0 aromatic carbocycles. The lowest BCUT2D eigenvalue weighted by Crippen LogP contribution is -1.71. The Morgan fingerprint density at radius 3 is 3.00 bits per heavy atom. The van der Waals surface area contributed by atoms with E-state index in [-0.39, 0.29) is 5.57 Å².